The molecule has 0 unspecified atom stereocenters. The van der Waals surface area contributed by atoms with Gasteiger partial charge in [0, 0.05) is 0 Å². The number of carboxylic acid groups (broad SMARTS) is 1. The second-order valence-corrected chi connectivity index (χ2v) is 6.03. The fourth-order valence-electron chi connectivity index (χ4n) is 1.69. The third kappa shape index (κ3) is 17.1. The Kier molecular flexibility index (Phi) is 14.3. The van der Waals surface area contributed by atoms with Crippen LogP contribution >= 0.6 is 0 Å². The number of nitrogens with two attached hydrogens (primary N) is 1. The summed E-state index contributed by atoms with van der Waals surface area (Å²) >= 11 is 0. The van der Waals surface area contributed by atoms with Crippen molar-refractivity contribution in [3.8, 4) is 0 Å². The Morgan fingerprint density at radius 1 is 0.424 bits per heavy atom. The van der Waals surface area contributed by atoms with Gasteiger partial charge in [-0.25, -0.2) is 0 Å². The average molecular weight is 474 g/mol. The number of carboxylic acids is 1. The fourth-order valence-corrected chi connectivity index (χ4v) is 1.69. The molecule has 17 heteroatoms. The lowest BCUT2D eigenvalue weighted by molar-refractivity contribution is -0.137. The molecule has 0 fully saturated rings. The number of nitrogens with one attached hydrogen (secondary N) is 7. The van der Waals surface area contributed by atoms with Crippen LogP contribution in [0.3, 0.4) is 0 Å². The van der Waals surface area contributed by atoms with Crippen molar-refractivity contribution in [1.29, 1.82) is 0 Å². The van der Waals surface area contributed by atoms with Crippen LogP contribution < -0.4 is 43.0 Å². The highest BCUT2D eigenvalue weighted by atomic mass is 16.4. The van der Waals surface area contributed by atoms with Crippen LogP contribution in [0.5, 0.6) is 0 Å². The lowest BCUT2D eigenvalue weighted by Crippen LogP contribution is -2.47. The van der Waals surface area contributed by atoms with Gasteiger partial charge in [-0.3, -0.25) is 38.4 Å². The van der Waals surface area contributed by atoms with Gasteiger partial charge in [0.05, 0.1) is 45.8 Å². The van der Waals surface area contributed by atoms with E-state index in [2.05, 4.69) is 31.9 Å². The normalized spacial score (nSPS) is 9.61. The van der Waals surface area contributed by atoms with Crippen molar-refractivity contribution in [3.05, 3.63) is 0 Å². The largest absolute Gasteiger partial charge is 0.480 e. The van der Waals surface area contributed by atoms with E-state index in [9.17, 15) is 38.4 Å². The van der Waals surface area contributed by atoms with Crippen LogP contribution in [0.25, 0.3) is 0 Å². The van der Waals surface area contributed by atoms with E-state index in [0.29, 0.717) is 0 Å². The highest BCUT2D eigenvalue weighted by Crippen LogP contribution is 1.73. The van der Waals surface area contributed by atoms with Gasteiger partial charge >= 0.3 is 5.97 Å². The van der Waals surface area contributed by atoms with Gasteiger partial charge in [-0.1, -0.05) is 0 Å². The first-order valence-electron chi connectivity index (χ1n) is 9.32. The lowest BCUT2D eigenvalue weighted by atomic mass is 10.4. The predicted octanol–water partition coefficient (Wildman–Crippen LogP) is -7.16. The molecule has 10 N–H and O–H groups in total. The van der Waals surface area contributed by atoms with Crippen LogP contribution in [0.1, 0.15) is 0 Å². The van der Waals surface area contributed by atoms with E-state index < -0.39 is 86.6 Å². The molecule has 0 spiro atoms. The Bertz CT molecular complexity index is 771. The molecule has 0 rings (SSSR count). The summed E-state index contributed by atoms with van der Waals surface area (Å²) in [5.41, 5.74) is 5.04. The zero-order chi connectivity index (χ0) is 25.2. The van der Waals surface area contributed by atoms with Gasteiger partial charge in [0.1, 0.15) is 6.54 Å². The van der Waals surface area contributed by atoms with Crippen LogP contribution in [0, 0.1) is 0 Å². The summed E-state index contributed by atoms with van der Waals surface area (Å²) in [5, 5.41) is 23.5. The van der Waals surface area contributed by atoms with Gasteiger partial charge in [-0.2, -0.15) is 0 Å². The van der Waals surface area contributed by atoms with Crippen LogP contribution in [-0.4, -0.2) is 105 Å². The van der Waals surface area contributed by atoms with E-state index in [-0.39, 0.29) is 13.1 Å². The molecule has 33 heavy (non-hydrogen) atoms. The Morgan fingerprint density at radius 3 is 0.848 bits per heavy atom. The van der Waals surface area contributed by atoms with Crippen molar-refractivity contribution in [3.63, 3.8) is 0 Å². The number of rotatable bonds is 15. The van der Waals surface area contributed by atoms with Crippen molar-refractivity contribution in [2.75, 3.05) is 52.4 Å². The number of amides is 7. The van der Waals surface area contributed by atoms with Crippen molar-refractivity contribution >= 4 is 47.3 Å². The summed E-state index contributed by atoms with van der Waals surface area (Å²) in [6.07, 6.45) is 0. The highest BCUT2D eigenvalue weighted by Gasteiger charge is 2.11. The molecule has 0 aliphatic heterocycles. The smallest absolute Gasteiger partial charge is 0.322 e. The third-order valence-corrected chi connectivity index (χ3v) is 3.30. The summed E-state index contributed by atoms with van der Waals surface area (Å²) in [6.45, 7) is -3.68. The standard InChI is InChI=1S/C16H26N8O9/c17-1-9(25)18-2-10(26)19-3-11(27)20-4-12(28)21-5-13(29)22-6-14(30)23-7-15(31)24-8-16(32)33/h1-8,17H2,(H,18,25)(H,19,26)(H,20,27)(H,21,28)(H,22,29)(H,23,30)(H,24,31)(H,32,33). The van der Waals surface area contributed by atoms with Gasteiger partial charge in [0.15, 0.2) is 0 Å². The number of carbonyl (C=O) groups excluding carboxylic acids is 7. The van der Waals surface area contributed by atoms with Crippen LogP contribution in [-0.2, 0) is 38.4 Å². The molecular weight excluding hydrogens is 448 g/mol. The van der Waals surface area contributed by atoms with E-state index in [0.717, 1.165) is 0 Å². The van der Waals surface area contributed by atoms with Crippen LogP contribution in [0.4, 0.5) is 0 Å². The molecule has 0 aromatic heterocycles. The molecule has 0 saturated heterocycles. The first kappa shape index (κ1) is 28.7. The summed E-state index contributed by atoms with van der Waals surface area (Å²) in [5.74, 6) is -6.04. The van der Waals surface area contributed by atoms with Gasteiger partial charge in [0.2, 0.25) is 41.4 Å². The molecule has 0 bridgehead atoms. The minimum Gasteiger partial charge on any atom is -0.480 e. The van der Waals surface area contributed by atoms with Gasteiger partial charge < -0.3 is 48.1 Å². The summed E-state index contributed by atoms with van der Waals surface area (Å²) < 4.78 is 0. The van der Waals surface area contributed by atoms with E-state index in [4.69, 9.17) is 10.8 Å². The van der Waals surface area contributed by atoms with E-state index >= 15 is 0 Å². The zero-order valence-electron chi connectivity index (χ0n) is 17.4. The lowest BCUT2D eigenvalue weighted by Gasteiger charge is -2.09. The minimum absolute atomic E-state index is 0.289. The number of hydrogen-bond donors (Lipinski definition) is 9. The van der Waals surface area contributed by atoms with Crippen molar-refractivity contribution in [2.24, 2.45) is 5.73 Å². The number of hydrogen-bond acceptors (Lipinski definition) is 9. The minimum atomic E-state index is -1.25. The maximum atomic E-state index is 11.6. The molecule has 0 aliphatic rings. The maximum Gasteiger partial charge on any atom is 0.322 e. The molecule has 0 heterocycles. The van der Waals surface area contributed by atoms with Crippen molar-refractivity contribution in [2.45, 2.75) is 0 Å². The van der Waals surface area contributed by atoms with Gasteiger partial charge in [0.25, 0.3) is 0 Å². The molecule has 0 radical (unpaired) electrons. The molecule has 17 nitrogen and oxygen atoms in total. The second kappa shape index (κ2) is 16.4. The molecule has 0 aromatic carbocycles. The first-order chi connectivity index (χ1) is 15.5. The Balaban J connectivity index is 3.90. The molecular formula is C16H26N8O9. The van der Waals surface area contributed by atoms with Crippen molar-refractivity contribution < 1.29 is 43.5 Å². The Hall–Kier alpha value is -4.28. The molecule has 0 aliphatic carbocycles. The second-order valence-electron chi connectivity index (χ2n) is 6.03. The van der Waals surface area contributed by atoms with Gasteiger partial charge in [-0.05, 0) is 0 Å². The van der Waals surface area contributed by atoms with E-state index in [1.54, 1.807) is 0 Å². The fraction of sp³-hybridized carbons (Fsp3) is 0.500. The Labute approximate surface area is 186 Å². The SMILES string of the molecule is NCC(=O)NCC(=O)NCC(=O)NCC(=O)NCC(=O)NCC(=O)NCC(=O)NCC(=O)O. The topological polar surface area (TPSA) is 267 Å². The van der Waals surface area contributed by atoms with Crippen LogP contribution in [0.15, 0.2) is 0 Å². The summed E-state index contributed by atoms with van der Waals surface area (Å²) in [7, 11) is 0. The number of carbonyl (C=O) groups is 8. The number of aliphatic carboxylic acids is 1. The van der Waals surface area contributed by atoms with E-state index in [1.807, 2.05) is 5.32 Å². The quantitative estimate of drug-likeness (QED) is 0.108. The highest BCUT2D eigenvalue weighted by molar-refractivity contribution is 5.92. The molecule has 184 valence electrons. The third-order valence-electron chi connectivity index (χ3n) is 3.30. The van der Waals surface area contributed by atoms with Crippen molar-refractivity contribution in [1.82, 2.24) is 37.2 Å². The monoisotopic (exact) mass is 474 g/mol. The Morgan fingerprint density at radius 2 is 0.636 bits per heavy atom. The summed E-state index contributed by atoms with van der Waals surface area (Å²) in [4.78, 5) is 90.0. The average Bonchev–Trinajstić information content (AvgIpc) is 2.78. The zero-order valence-corrected chi connectivity index (χ0v) is 17.4. The molecule has 0 aromatic rings. The first-order valence-corrected chi connectivity index (χ1v) is 9.32. The predicted molar refractivity (Wildman–Crippen MR) is 108 cm³/mol. The summed E-state index contributed by atoms with van der Waals surface area (Å²) in [6, 6.07) is 0. The molecule has 7 amide bonds. The van der Waals surface area contributed by atoms with Crippen LogP contribution in [0.2, 0.25) is 0 Å². The molecule has 0 atom stereocenters. The molecule has 0 saturated carbocycles. The van der Waals surface area contributed by atoms with E-state index in [1.165, 1.54) is 0 Å². The maximum absolute atomic E-state index is 11.6. The van der Waals surface area contributed by atoms with Gasteiger partial charge in [-0.15, -0.1) is 0 Å².